The van der Waals surface area contributed by atoms with Crippen LogP contribution in [0, 0.1) is 0 Å². The molecular formula is C11H22N2O. The van der Waals surface area contributed by atoms with Gasteiger partial charge in [0.2, 0.25) is 5.91 Å². The van der Waals surface area contributed by atoms with Crippen molar-refractivity contribution in [1.29, 1.82) is 0 Å². The molecule has 1 unspecified atom stereocenters. The predicted molar refractivity (Wildman–Crippen MR) is 57.9 cm³/mol. The summed E-state index contributed by atoms with van der Waals surface area (Å²) in [4.78, 5) is 13.1. The molecular weight excluding hydrogens is 176 g/mol. The van der Waals surface area contributed by atoms with Crippen LogP contribution in [0.5, 0.6) is 0 Å². The third kappa shape index (κ3) is 4.09. The molecule has 0 aromatic heterocycles. The van der Waals surface area contributed by atoms with Gasteiger partial charge in [0, 0.05) is 12.5 Å². The Morgan fingerprint density at radius 2 is 2.00 bits per heavy atom. The van der Waals surface area contributed by atoms with E-state index in [1.54, 1.807) is 0 Å². The fraction of sp³-hybridized carbons (Fsp3) is 0.909. The van der Waals surface area contributed by atoms with E-state index in [2.05, 4.69) is 11.8 Å². The number of carbonyl (C=O) groups is 1. The number of primary amides is 1. The van der Waals surface area contributed by atoms with E-state index in [-0.39, 0.29) is 5.91 Å². The molecule has 14 heavy (non-hydrogen) atoms. The van der Waals surface area contributed by atoms with Gasteiger partial charge in [-0.15, -0.1) is 0 Å². The van der Waals surface area contributed by atoms with Crippen molar-refractivity contribution in [3.8, 4) is 0 Å². The van der Waals surface area contributed by atoms with Gasteiger partial charge in [0.1, 0.15) is 0 Å². The van der Waals surface area contributed by atoms with E-state index in [4.69, 9.17) is 5.73 Å². The lowest BCUT2D eigenvalue weighted by atomic mass is 10.1. The fourth-order valence-corrected chi connectivity index (χ4v) is 2.11. The first kappa shape index (κ1) is 11.5. The van der Waals surface area contributed by atoms with Gasteiger partial charge in [0.05, 0.1) is 0 Å². The van der Waals surface area contributed by atoms with E-state index in [0.29, 0.717) is 12.5 Å². The second-order valence-electron chi connectivity index (χ2n) is 4.30. The largest absolute Gasteiger partial charge is 0.370 e. The molecule has 1 fully saturated rings. The zero-order chi connectivity index (χ0) is 10.4. The SMILES string of the molecule is CC(CCCC(N)=O)N1CCCCC1. The molecule has 3 heteroatoms. The molecule has 3 nitrogen and oxygen atoms in total. The highest BCUT2D eigenvalue weighted by Gasteiger charge is 2.15. The second kappa shape index (κ2) is 6.02. The summed E-state index contributed by atoms with van der Waals surface area (Å²) in [5.74, 6) is -0.171. The van der Waals surface area contributed by atoms with Crippen LogP contribution in [0.25, 0.3) is 0 Å². The van der Waals surface area contributed by atoms with Crippen molar-refractivity contribution >= 4 is 5.91 Å². The number of carbonyl (C=O) groups excluding carboxylic acids is 1. The van der Waals surface area contributed by atoms with Gasteiger partial charge in [-0.25, -0.2) is 0 Å². The predicted octanol–water partition coefficient (Wildman–Crippen LogP) is 1.52. The van der Waals surface area contributed by atoms with Gasteiger partial charge in [-0.05, 0) is 45.7 Å². The summed E-state index contributed by atoms with van der Waals surface area (Å²) < 4.78 is 0. The normalized spacial score (nSPS) is 20.6. The smallest absolute Gasteiger partial charge is 0.217 e. The van der Waals surface area contributed by atoms with Gasteiger partial charge in [-0.1, -0.05) is 6.42 Å². The number of likely N-dealkylation sites (tertiary alicyclic amines) is 1. The summed E-state index contributed by atoms with van der Waals surface area (Å²) in [7, 11) is 0. The number of hydrogen-bond acceptors (Lipinski definition) is 2. The van der Waals surface area contributed by atoms with E-state index in [1.165, 1.54) is 32.4 Å². The van der Waals surface area contributed by atoms with Gasteiger partial charge in [-0.2, -0.15) is 0 Å². The summed E-state index contributed by atoms with van der Waals surface area (Å²) in [5, 5.41) is 0. The molecule has 0 aromatic rings. The van der Waals surface area contributed by atoms with Crippen LogP contribution in [-0.4, -0.2) is 29.9 Å². The van der Waals surface area contributed by atoms with Crippen LogP contribution in [-0.2, 0) is 4.79 Å². The lowest BCUT2D eigenvalue weighted by Crippen LogP contribution is -2.37. The molecule has 1 aliphatic heterocycles. The van der Waals surface area contributed by atoms with Gasteiger partial charge in [0.15, 0.2) is 0 Å². The minimum atomic E-state index is -0.171. The van der Waals surface area contributed by atoms with Crippen molar-refractivity contribution in [1.82, 2.24) is 4.90 Å². The second-order valence-corrected chi connectivity index (χ2v) is 4.30. The first-order chi connectivity index (χ1) is 6.70. The third-order valence-corrected chi connectivity index (χ3v) is 3.06. The molecule has 1 amide bonds. The standard InChI is InChI=1S/C11H22N2O/c1-10(6-5-7-11(12)14)13-8-3-2-4-9-13/h10H,2-9H2,1H3,(H2,12,14). The fourth-order valence-electron chi connectivity index (χ4n) is 2.11. The van der Waals surface area contributed by atoms with E-state index in [1.807, 2.05) is 0 Å². The Balaban J connectivity index is 2.13. The highest BCUT2D eigenvalue weighted by molar-refractivity contribution is 5.73. The van der Waals surface area contributed by atoms with Gasteiger partial charge >= 0.3 is 0 Å². The van der Waals surface area contributed by atoms with Crippen LogP contribution in [0.4, 0.5) is 0 Å². The summed E-state index contributed by atoms with van der Waals surface area (Å²) in [6.45, 7) is 4.72. The van der Waals surface area contributed by atoms with Crippen LogP contribution in [0.2, 0.25) is 0 Å². The van der Waals surface area contributed by atoms with Crippen molar-refractivity contribution in [2.75, 3.05) is 13.1 Å². The van der Waals surface area contributed by atoms with Gasteiger partial charge < -0.3 is 10.6 Å². The molecule has 1 rings (SSSR count). The minimum absolute atomic E-state index is 0.171. The molecule has 0 aromatic carbocycles. The van der Waals surface area contributed by atoms with E-state index in [0.717, 1.165) is 12.8 Å². The maximum absolute atomic E-state index is 10.6. The van der Waals surface area contributed by atoms with Crippen LogP contribution >= 0.6 is 0 Å². The average molecular weight is 198 g/mol. The van der Waals surface area contributed by atoms with Crippen molar-refractivity contribution in [2.45, 2.75) is 51.5 Å². The lowest BCUT2D eigenvalue weighted by molar-refractivity contribution is -0.118. The Morgan fingerprint density at radius 3 is 2.57 bits per heavy atom. The summed E-state index contributed by atoms with van der Waals surface area (Å²) >= 11 is 0. The van der Waals surface area contributed by atoms with Crippen molar-refractivity contribution in [3.63, 3.8) is 0 Å². The van der Waals surface area contributed by atoms with Gasteiger partial charge in [0.25, 0.3) is 0 Å². The molecule has 0 bridgehead atoms. The highest BCUT2D eigenvalue weighted by atomic mass is 16.1. The quantitative estimate of drug-likeness (QED) is 0.728. The minimum Gasteiger partial charge on any atom is -0.370 e. The summed E-state index contributed by atoms with van der Waals surface area (Å²) in [6, 6.07) is 0.620. The molecule has 82 valence electrons. The van der Waals surface area contributed by atoms with E-state index in [9.17, 15) is 4.79 Å². The van der Waals surface area contributed by atoms with Crippen molar-refractivity contribution in [3.05, 3.63) is 0 Å². The molecule has 2 N–H and O–H groups in total. The lowest BCUT2D eigenvalue weighted by Gasteiger charge is -2.32. The molecule has 0 saturated carbocycles. The molecule has 0 spiro atoms. The van der Waals surface area contributed by atoms with Crippen molar-refractivity contribution in [2.24, 2.45) is 5.73 Å². The zero-order valence-electron chi connectivity index (χ0n) is 9.17. The maximum atomic E-state index is 10.6. The Kier molecular flexibility index (Phi) is 4.94. The number of nitrogens with zero attached hydrogens (tertiary/aromatic N) is 1. The summed E-state index contributed by atoms with van der Waals surface area (Å²) in [6.07, 6.45) is 6.62. The average Bonchev–Trinajstić information content (AvgIpc) is 2.18. The Hall–Kier alpha value is -0.570. The Labute approximate surface area is 86.6 Å². The Bertz CT molecular complexity index is 176. The third-order valence-electron chi connectivity index (χ3n) is 3.06. The number of piperidine rings is 1. The van der Waals surface area contributed by atoms with E-state index >= 15 is 0 Å². The van der Waals surface area contributed by atoms with Crippen LogP contribution in [0.1, 0.15) is 45.4 Å². The number of rotatable bonds is 5. The van der Waals surface area contributed by atoms with Crippen LogP contribution in [0.15, 0.2) is 0 Å². The monoisotopic (exact) mass is 198 g/mol. The van der Waals surface area contributed by atoms with E-state index < -0.39 is 0 Å². The first-order valence-corrected chi connectivity index (χ1v) is 5.72. The van der Waals surface area contributed by atoms with Crippen LogP contribution in [0.3, 0.4) is 0 Å². The molecule has 0 radical (unpaired) electrons. The van der Waals surface area contributed by atoms with Crippen LogP contribution < -0.4 is 5.73 Å². The maximum Gasteiger partial charge on any atom is 0.217 e. The molecule has 1 saturated heterocycles. The number of hydrogen-bond donors (Lipinski definition) is 1. The topological polar surface area (TPSA) is 46.3 Å². The number of nitrogens with two attached hydrogens (primary N) is 1. The van der Waals surface area contributed by atoms with Gasteiger partial charge in [-0.3, -0.25) is 4.79 Å². The molecule has 0 aliphatic carbocycles. The first-order valence-electron chi connectivity index (χ1n) is 5.72. The molecule has 1 aliphatic rings. The summed E-state index contributed by atoms with van der Waals surface area (Å²) in [5.41, 5.74) is 5.10. The Morgan fingerprint density at radius 1 is 1.36 bits per heavy atom. The molecule has 1 atom stereocenters. The van der Waals surface area contributed by atoms with Crippen molar-refractivity contribution < 1.29 is 4.79 Å². The molecule has 1 heterocycles. The zero-order valence-corrected chi connectivity index (χ0v) is 9.17. The highest BCUT2D eigenvalue weighted by Crippen LogP contribution is 2.15. The number of amides is 1.